The Labute approximate surface area is 162 Å². The Balaban J connectivity index is 1.59. The lowest BCUT2D eigenvalue weighted by Gasteiger charge is -2.14. The lowest BCUT2D eigenvalue weighted by Crippen LogP contribution is -2.26. The predicted octanol–water partition coefficient (Wildman–Crippen LogP) is 7.78. The van der Waals surface area contributed by atoms with E-state index in [0.29, 0.717) is 0 Å². The molecule has 1 aromatic carbocycles. The summed E-state index contributed by atoms with van der Waals surface area (Å²) in [6, 6.07) is 8.97. The molecular weight excluding hydrogens is 314 g/mol. The Hall–Kier alpha value is -1.11. The van der Waals surface area contributed by atoms with Crippen LogP contribution in [0.3, 0.4) is 0 Å². The molecule has 0 amide bonds. The lowest BCUT2D eigenvalue weighted by molar-refractivity contribution is -0.439. The maximum Gasteiger partial charge on any atom is 0.209 e. The van der Waals surface area contributed by atoms with Gasteiger partial charge < -0.3 is 0 Å². The summed E-state index contributed by atoms with van der Waals surface area (Å²) in [6.45, 7) is 10.5. The Morgan fingerprint density at radius 2 is 1.23 bits per heavy atom. The van der Waals surface area contributed by atoms with E-state index in [2.05, 4.69) is 56.5 Å². The highest BCUT2D eigenvalue weighted by atomic mass is 15.1. The van der Waals surface area contributed by atoms with Crippen LogP contribution in [0.2, 0.25) is 0 Å². The van der Waals surface area contributed by atoms with Gasteiger partial charge in [-0.05, 0) is 20.3 Å². The molecule has 0 aliphatic carbocycles. The van der Waals surface area contributed by atoms with Gasteiger partial charge in [0.1, 0.15) is 6.54 Å². The second-order valence-corrected chi connectivity index (χ2v) is 8.77. The molecule has 146 valence electrons. The molecule has 0 atom stereocenters. The highest BCUT2D eigenvalue weighted by molar-refractivity contribution is 5.93. The zero-order valence-electron chi connectivity index (χ0n) is 17.9. The summed E-state index contributed by atoms with van der Waals surface area (Å²) in [6.07, 6.45) is 17.0. The van der Waals surface area contributed by atoms with E-state index in [9.17, 15) is 0 Å². The van der Waals surface area contributed by atoms with Gasteiger partial charge in [-0.25, -0.2) is 0 Å². The average Bonchev–Trinajstić information content (AvgIpc) is 2.83. The number of hydrogen-bond donors (Lipinski definition) is 0. The van der Waals surface area contributed by atoms with Crippen LogP contribution in [-0.2, 0) is 5.41 Å². The first-order chi connectivity index (χ1) is 12.6. The Kier molecular flexibility index (Phi) is 8.88. The SMILES string of the molecule is CCCCCCCCCCCCCC[N+]1=C(C)C(C)(C)c2ccccc21. The molecule has 1 heterocycles. The van der Waals surface area contributed by atoms with Crippen molar-refractivity contribution in [3.05, 3.63) is 29.8 Å². The zero-order chi connectivity index (χ0) is 18.8. The molecule has 0 saturated carbocycles. The van der Waals surface area contributed by atoms with Crippen LogP contribution in [0.15, 0.2) is 24.3 Å². The first-order valence-electron chi connectivity index (χ1n) is 11.3. The predicted molar refractivity (Wildman–Crippen MR) is 116 cm³/mol. The summed E-state index contributed by atoms with van der Waals surface area (Å²) in [5.41, 5.74) is 4.64. The topological polar surface area (TPSA) is 3.01 Å². The van der Waals surface area contributed by atoms with E-state index in [1.807, 2.05) is 0 Å². The first kappa shape index (κ1) is 21.2. The minimum atomic E-state index is 0.188. The van der Waals surface area contributed by atoms with Gasteiger partial charge in [-0.1, -0.05) is 89.3 Å². The van der Waals surface area contributed by atoms with E-state index in [0.717, 1.165) is 0 Å². The summed E-state index contributed by atoms with van der Waals surface area (Å²) in [5.74, 6) is 0. The van der Waals surface area contributed by atoms with Crippen molar-refractivity contribution in [3.8, 4) is 0 Å². The van der Waals surface area contributed by atoms with Crippen LogP contribution in [0.5, 0.6) is 0 Å². The quantitative estimate of drug-likeness (QED) is 0.251. The number of benzene rings is 1. The molecule has 1 aliphatic heterocycles. The van der Waals surface area contributed by atoms with Crippen molar-refractivity contribution in [1.82, 2.24) is 0 Å². The van der Waals surface area contributed by atoms with Crippen LogP contribution in [0.25, 0.3) is 0 Å². The maximum atomic E-state index is 2.58. The smallest absolute Gasteiger partial charge is 0.199 e. The van der Waals surface area contributed by atoms with Gasteiger partial charge >= 0.3 is 0 Å². The van der Waals surface area contributed by atoms with Gasteiger partial charge in [0.15, 0.2) is 5.71 Å². The fourth-order valence-electron chi connectivity index (χ4n) is 4.35. The molecule has 0 unspecified atom stereocenters. The highest BCUT2D eigenvalue weighted by Crippen LogP contribution is 2.39. The summed E-state index contributed by atoms with van der Waals surface area (Å²) in [4.78, 5) is 0. The summed E-state index contributed by atoms with van der Waals surface area (Å²) in [5, 5.41) is 0. The minimum absolute atomic E-state index is 0.188. The molecule has 1 nitrogen and oxygen atoms in total. The fraction of sp³-hybridized carbons (Fsp3) is 0.720. The molecule has 2 rings (SSSR count). The number of rotatable bonds is 13. The van der Waals surface area contributed by atoms with Crippen molar-refractivity contribution in [1.29, 1.82) is 0 Å². The highest BCUT2D eigenvalue weighted by Gasteiger charge is 2.42. The van der Waals surface area contributed by atoms with Crippen molar-refractivity contribution in [2.75, 3.05) is 6.54 Å². The molecule has 1 heteroatoms. The number of hydrogen-bond acceptors (Lipinski definition) is 0. The van der Waals surface area contributed by atoms with Crippen molar-refractivity contribution in [3.63, 3.8) is 0 Å². The van der Waals surface area contributed by atoms with Gasteiger partial charge in [-0.3, -0.25) is 0 Å². The van der Waals surface area contributed by atoms with Crippen molar-refractivity contribution in [2.24, 2.45) is 0 Å². The Morgan fingerprint density at radius 1 is 0.731 bits per heavy atom. The number of unbranched alkanes of at least 4 members (excludes halogenated alkanes) is 11. The molecule has 0 N–H and O–H groups in total. The Morgan fingerprint density at radius 3 is 1.81 bits per heavy atom. The molecule has 0 saturated heterocycles. The normalized spacial score (nSPS) is 15.5. The van der Waals surface area contributed by atoms with Crippen LogP contribution >= 0.6 is 0 Å². The van der Waals surface area contributed by atoms with Gasteiger partial charge in [-0.15, -0.1) is 0 Å². The molecule has 0 fully saturated rings. The third kappa shape index (κ3) is 5.69. The number of para-hydroxylation sites is 1. The first-order valence-corrected chi connectivity index (χ1v) is 11.3. The molecule has 26 heavy (non-hydrogen) atoms. The maximum absolute atomic E-state index is 2.58. The molecule has 0 aromatic heterocycles. The average molecular weight is 357 g/mol. The minimum Gasteiger partial charge on any atom is -0.199 e. The number of nitrogens with zero attached hydrogens (tertiary/aromatic N) is 1. The van der Waals surface area contributed by atoms with E-state index >= 15 is 0 Å². The number of fused-ring (bicyclic) bond motifs is 1. The van der Waals surface area contributed by atoms with E-state index in [4.69, 9.17) is 0 Å². The third-order valence-corrected chi connectivity index (χ3v) is 6.41. The second kappa shape index (κ2) is 10.9. The van der Waals surface area contributed by atoms with Gasteiger partial charge in [0.05, 0.1) is 5.41 Å². The fourth-order valence-corrected chi connectivity index (χ4v) is 4.35. The summed E-state index contributed by atoms with van der Waals surface area (Å²) < 4.78 is 2.58. The molecule has 1 aliphatic rings. The van der Waals surface area contributed by atoms with E-state index < -0.39 is 0 Å². The van der Waals surface area contributed by atoms with Gasteiger partial charge in [-0.2, -0.15) is 4.58 Å². The summed E-state index contributed by atoms with van der Waals surface area (Å²) >= 11 is 0. The van der Waals surface area contributed by atoms with Crippen molar-refractivity contribution in [2.45, 2.75) is 110 Å². The van der Waals surface area contributed by atoms with Gasteiger partial charge in [0.2, 0.25) is 5.69 Å². The standard InChI is InChI=1S/C25H42N/c1-5-6-7-8-9-10-11-12-13-14-15-18-21-26-22(2)25(3,4)23-19-16-17-20-24(23)26/h16-17,19-20H,5-15,18,21H2,1-4H3/q+1. The van der Waals surface area contributed by atoms with Crippen molar-refractivity contribution < 1.29 is 4.58 Å². The third-order valence-electron chi connectivity index (χ3n) is 6.41. The van der Waals surface area contributed by atoms with Gasteiger partial charge in [0.25, 0.3) is 0 Å². The zero-order valence-corrected chi connectivity index (χ0v) is 17.9. The molecule has 0 spiro atoms. The van der Waals surface area contributed by atoms with E-state index in [-0.39, 0.29) is 5.41 Å². The van der Waals surface area contributed by atoms with Crippen molar-refractivity contribution >= 4 is 11.4 Å². The molecular formula is C25H42N+. The molecule has 1 aromatic rings. The molecule has 0 bridgehead atoms. The van der Waals surface area contributed by atoms with Gasteiger partial charge in [0, 0.05) is 25.0 Å². The van der Waals surface area contributed by atoms with Crippen LogP contribution in [0.4, 0.5) is 5.69 Å². The largest absolute Gasteiger partial charge is 0.209 e. The second-order valence-electron chi connectivity index (χ2n) is 8.77. The Bertz CT molecular complexity index is 567. The van der Waals surface area contributed by atoms with Crippen LogP contribution in [0.1, 0.15) is 110 Å². The molecule has 0 radical (unpaired) electrons. The van der Waals surface area contributed by atoms with E-state index in [1.165, 1.54) is 101 Å². The van der Waals surface area contributed by atoms with Crippen LogP contribution in [-0.4, -0.2) is 16.8 Å². The van der Waals surface area contributed by atoms with Crippen LogP contribution in [0, 0.1) is 0 Å². The monoisotopic (exact) mass is 356 g/mol. The summed E-state index contributed by atoms with van der Waals surface area (Å²) in [7, 11) is 0. The van der Waals surface area contributed by atoms with Crippen LogP contribution < -0.4 is 0 Å². The lowest BCUT2D eigenvalue weighted by atomic mass is 9.82. The van der Waals surface area contributed by atoms with E-state index in [1.54, 1.807) is 0 Å².